The Hall–Kier alpha value is -1.06. The summed E-state index contributed by atoms with van der Waals surface area (Å²) in [4.78, 5) is 23.2. The molecule has 0 saturated heterocycles. The van der Waals surface area contributed by atoms with E-state index >= 15 is 0 Å². The molecule has 21 heavy (non-hydrogen) atoms. The number of aliphatic carboxylic acids is 1. The van der Waals surface area contributed by atoms with Gasteiger partial charge in [0.05, 0.1) is 11.8 Å². The number of hydrogen-bond acceptors (Lipinski definition) is 3. The highest BCUT2D eigenvalue weighted by Gasteiger charge is 2.31. The van der Waals surface area contributed by atoms with Gasteiger partial charge in [-0.3, -0.25) is 9.59 Å². The highest BCUT2D eigenvalue weighted by Crippen LogP contribution is 2.30. The molecule has 1 fully saturated rings. The summed E-state index contributed by atoms with van der Waals surface area (Å²) >= 11 is 0. The van der Waals surface area contributed by atoms with Gasteiger partial charge in [-0.15, -0.1) is 0 Å². The third-order valence-electron chi connectivity index (χ3n) is 4.45. The van der Waals surface area contributed by atoms with E-state index in [1.807, 2.05) is 0 Å². The fraction of sp³-hybridized carbons (Fsp3) is 0.882. The number of carbonyl (C=O) groups is 2. The molecule has 0 spiro atoms. The summed E-state index contributed by atoms with van der Waals surface area (Å²) in [5.74, 6) is -1.20. The summed E-state index contributed by atoms with van der Waals surface area (Å²) in [5, 5.41) is 8.99. The number of hydrogen-bond donors (Lipinski definition) is 1. The van der Waals surface area contributed by atoms with Crippen molar-refractivity contribution in [3.63, 3.8) is 0 Å². The number of carbonyl (C=O) groups excluding carboxylic acids is 1. The molecule has 0 aromatic heterocycles. The second-order valence-electron chi connectivity index (χ2n) is 6.23. The van der Waals surface area contributed by atoms with Crippen LogP contribution >= 0.6 is 0 Å². The van der Waals surface area contributed by atoms with Crippen LogP contribution in [0.3, 0.4) is 0 Å². The lowest BCUT2D eigenvalue weighted by Gasteiger charge is -2.27. The molecular formula is C17H30O4. The zero-order chi connectivity index (χ0) is 15.7. The lowest BCUT2D eigenvalue weighted by atomic mass is 9.82. The Bertz CT molecular complexity index is 311. The summed E-state index contributed by atoms with van der Waals surface area (Å²) < 4.78 is 5.70. The van der Waals surface area contributed by atoms with Gasteiger partial charge >= 0.3 is 11.9 Å². The highest BCUT2D eigenvalue weighted by atomic mass is 16.5. The van der Waals surface area contributed by atoms with Gasteiger partial charge in [0.1, 0.15) is 6.10 Å². The van der Waals surface area contributed by atoms with Gasteiger partial charge in [-0.2, -0.15) is 0 Å². The van der Waals surface area contributed by atoms with E-state index in [4.69, 9.17) is 9.84 Å². The quantitative estimate of drug-likeness (QED) is 0.649. The third-order valence-corrected chi connectivity index (χ3v) is 4.45. The largest absolute Gasteiger partial charge is 0.481 e. The molecule has 1 saturated carbocycles. The average Bonchev–Trinajstić information content (AvgIpc) is 2.49. The van der Waals surface area contributed by atoms with Crippen LogP contribution in [0, 0.1) is 11.8 Å². The fourth-order valence-electron chi connectivity index (χ4n) is 2.96. The molecule has 0 aliphatic heterocycles. The van der Waals surface area contributed by atoms with E-state index in [1.54, 1.807) is 0 Å². The zero-order valence-electron chi connectivity index (χ0n) is 13.5. The monoisotopic (exact) mass is 298 g/mol. The summed E-state index contributed by atoms with van der Waals surface area (Å²) in [6.45, 7) is 4.29. The number of carboxylic acids is 1. The molecule has 1 rings (SSSR count). The number of rotatable bonds is 9. The van der Waals surface area contributed by atoms with Crippen molar-refractivity contribution in [2.24, 2.45) is 11.8 Å². The van der Waals surface area contributed by atoms with Gasteiger partial charge in [-0.05, 0) is 38.5 Å². The van der Waals surface area contributed by atoms with Crippen LogP contribution in [0.2, 0.25) is 0 Å². The Kier molecular flexibility index (Phi) is 8.40. The first-order valence-corrected chi connectivity index (χ1v) is 8.51. The minimum absolute atomic E-state index is 0.0506. The molecule has 0 heterocycles. The Morgan fingerprint density at radius 1 is 1.00 bits per heavy atom. The minimum atomic E-state index is -0.731. The normalized spacial score (nSPS) is 22.2. The van der Waals surface area contributed by atoms with Crippen molar-refractivity contribution in [3.8, 4) is 0 Å². The van der Waals surface area contributed by atoms with E-state index in [1.165, 1.54) is 0 Å². The molecule has 0 bridgehead atoms. The maximum absolute atomic E-state index is 12.2. The number of carboxylic acid groups (broad SMARTS) is 1. The van der Waals surface area contributed by atoms with E-state index in [0.717, 1.165) is 38.5 Å². The van der Waals surface area contributed by atoms with Crippen molar-refractivity contribution in [2.45, 2.75) is 84.2 Å². The van der Waals surface area contributed by atoms with Crippen LogP contribution in [-0.2, 0) is 14.3 Å². The van der Waals surface area contributed by atoms with Gasteiger partial charge in [0, 0.05) is 0 Å². The minimum Gasteiger partial charge on any atom is -0.481 e. The SMILES string of the molecule is CCCCC(CCCC)OC(=O)C1CCC(C(=O)O)CC1. The van der Waals surface area contributed by atoms with Crippen LogP contribution in [0.4, 0.5) is 0 Å². The first-order chi connectivity index (χ1) is 10.1. The zero-order valence-corrected chi connectivity index (χ0v) is 13.5. The summed E-state index contributed by atoms with van der Waals surface area (Å²) in [7, 11) is 0. The third kappa shape index (κ3) is 6.49. The topological polar surface area (TPSA) is 63.6 Å². The Morgan fingerprint density at radius 3 is 1.90 bits per heavy atom. The molecular weight excluding hydrogens is 268 g/mol. The van der Waals surface area contributed by atoms with Gasteiger partial charge in [0.25, 0.3) is 0 Å². The van der Waals surface area contributed by atoms with Crippen molar-refractivity contribution >= 4 is 11.9 Å². The number of unbranched alkanes of at least 4 members (excludes halogenated alkanes) is 2. The molecule has 4 heteroatoms. The molecule has 122 valence electrons. The summed E-state index contributed by atoms with van der Waals surface area (Å²) in [6, 6.07) is 0. The smallest absolute Gasteiger partial charge is 0.309 e. The second kappa shape index (κ2) is 9.80. The molecule has 1 aliphatic carbocycles. The maximum atomic E-state index is 12.2. The van der Waals surface area contributed by atoms with Crippen LogP contribution in [0.25, 0.3) is 0 Å². The van der Waals surface area contributed by atoms with Crippen LogP contribution in [-0.4, -0.2) is 23.1 Å². The van der Waals surface area contributed by atoms with Crippen molar-refractivity contribution in [1.29, 1.82) is 0 Å². The lowest BCUT2D eigenvalue weighted by molar-refractivity contribution is -0.158. The van der Waals surface area contributed by atoms with Gasteiger partial charge < -0.3 is 9.84 Å². The van der Waals surface area contributed by atoms with Crippen LogP contribution in [0.5, 0.6) is 0 Å². The first-order valence-electron chi connectivity index (χ1n) is 8.51. The molecule has 1 N–H and O–H groups in total. The molecule has 0 atom stereocenters. The van der Waals surface area contributed by atoms with Crippen molar-refractivity contribution < 1.29 is 19.4 Å². The molecule has 0 aromatic carbocycles. The molecule has 0 unspecified atom stereocenters. The highest BCUT2D eigenvalue weighted by molar-refractivity contribution is 5.74. The standard InChI is InChI=1S/C17H30O4/c1-3-5-7-15(8-6-4-2)21-17(20)14-11-9-13(10-12-14)16(18)19/h13-15H,3-12H2,1-2H3,(H,18,19). The Balaban J connectivity index is 2.40. The Morgan fingerprint density at radius 2 is 1.48 bits per heavy atom. The predicted molar refractivity (Wildman–Crippen MR) is 82.0 cm³/mol. The molecule has 0 amide bonds. The van der Waals surface area contributed by atoms with E-state index < -0.39 is 5.97 Å². The van der Waals surface area contributed by atoms with Crippen molar-refractivity contribution in [3.05, 3.63) is 0 Å². The molecule has 1 aliphatic rings. The van der Waals surface area contributed by atoms with Crippen LogP contribution in [0.1, 0.15) is 78.1 Å². The Labute approximate surface area is 128 Å². The van der Waals surface area contributed by atoms with Gasteiger partial charge in [-0.25, -0.2) is 0 Å². The molecule has 0 radical (unpaired) electrons. The number of esters is 1. The van der Waals surface area contributed by atoms with Crippen LogP contribution < -0.4 is 0 Å². The first kappa shape index (κ1) is 18.0. The lowest BCUT2D eigenvalue weighted by Crippen LogP contribution is -2.29. The number of ether oxygens (including phenoxy) is 1. The summed E-state index contributed by atoms with van der Waals surface area (Å²) in [5.41, 5.74) is 0. The van der Waals surface area contributed by atoms with E-state index in [0.29, 0.717) is 25.7 Å². The van der Waals surface area contributed by atoms with E-state index in [-0.39, 0.29) is 23.9 Å². The van der Waals surface area contributed by atoms with Gasteiger partial charge in [-0.1, -0.05) is 39.5 Å². The summed E-state index contributed by atoms with van der Waals surface area (Å²) in [6.07, 6.45) is 8.88. The van der Waals surface area contributed by atoms with Gasteiger partial charge in [0.2, 0.25) is 0 Å². The second-order valence-corrected chi connectivity index (χ2v) is 6.23. The maximum Gasteiger partial charge on any atom is 0.309 e. The van der Waals surface area contributed by atoms with E-state index in [9.17, 15) is 9.59 Å². The predicted octanol–water partition coefficient (Wildman–Crippen LogP) is 4.17. The average molecular weight is 298 g/mol. The molecule has 0 aromatic rings. The van der Waals surface area contributed by atoms with E-state index in [2.05, 4.69) is 13.8 Å². The molecule has 4 nitrogen and oxygen atoms in total. The van der Waals surface area contributed by atoms with Crippen molar-refractivity contribution in [1.82, 2.24) is 0 Å². The fourth-order valence-corrected chi connectivity index (χ4v) is 2.96. The van der Waals surface area contributed by atoms with Gasteiger partial charge in [0.15, 0.2) is 0 Å². The van der Waals surface area contributed by atoms with Crippen molar-refractivity contribution in [2.75, 3.05) is 0 Å². The van der Waals surface area contributed by atoms with Crippen LogP contribution in [0.15, 0.2) is 0 Å².